The van der Waals surface area contributed by atoms with Crippen LogP contribution in [0.1, 0.15) is 17.5 Å². The lowest BCUT2D eigenvalue weighted by atomic mass is 10.1. The average Bonchev–Trinajstić information content (AvgIpc) is 2.29. The van der Waals surface area contributed by atoms with E-state index in [0.717, 1.165) is 11.1 Å². The van der Waals surface area contributed by atoms with Crippen molar-refractivity contribution in [3.8, 4) is 11.8 Å². The van der Waals surface area contributed by atoms with E-state index in [1.165, 1.54) is 0 Å². The van der Waals surface area contributed by atoms with Crippen molar-refractivity contribution in [3.63, 3.8) is 0 Å². The number of azide groups is 1. The van der Waals surface area contributed by atoms with Crippen LogP contribution in [0.5, 0.6) is 0 Å². The first kappa shape index (κ1) is 11.1. The molecule has 0 saturated carbocycles. The monoisotopic (exact) mass is 200 g/mol. The third-order valence-corrected chi connectivity index (χ3v) is 1.80. The molecular weight excluding hydrogens is 188 g/mol. The second kappa shape index (κ2) is 6.50. The second-order valence-electron chi connectivity index (χ2n) is 2.91. The molecule has 1 rings (SSSR count). The second-order valence-corrected chi connectivity index (χ2v) is 2.91. The molecule has 0 bridgehead atoms. The van der Waals surface area contributed by atoms with Gasteiger partial charge in [0.05, 0.1) is 0 Å². The number of nitrogens with two attached hydrogens (primary N) is 1. The van der Waals surface area contributed by atoms with Crippen molar-refractivity contribution in [2.75, 3.05) is 6.54 Å². The molecule has 0 heterocycles. The zero-order chi connectivity index (χ0) is 10.9. The lowest BCUT2D eigenvalue weighted by Crippen LogP contribution is -1.95. The highest BCUT2D eigenvalue weighted by Crippen LogP contribution is 2.02. The van der Waals surface area contributed by atoms with Gasteiger partial charge in [-0.25, -0.2) is 0 Å². The van der Waals surface area contributed by atoms with Gasteiger partial charge in [-0.05, 0) is 23.2 Å². The van der Waals surface area contributed by atoms with E-state index in [2.05, 4.69) is 21.9 Å². The number of nitrogens with zero attached hydrogens (tertiary/aromatic N) is 3. The van der Waals surface area contributed by atoms with Crippen LogP contribution in [-0.2, 0) is 6.54 Å². The zero-order valence-electron chi connectivity index (χ0n) is 8.35. The molecule has 15 heavy (non-hydrogen) atoms. The van der Waals surface area contributed by atoms with Gasteiger partial charge in [-0.3, -0.25) is 0 Å². The Hall–Kier alpha value is -1.95. The Bertz CT molecular complexity index is 422. The standard InChI is InChI=1S/C11H12N4/c12-9-11-6-3-5-10(8-11)4-1-2-7-14-15-13/h3,5-6,8H,2,7,9,12H2. The van der Waals surface area contributed by atoms with Crippen molar-refractivity contribution < 1.29 is 0 Å². The molecular formula is C11H12N4. The maximum atomic E-state index is 8.05. The molecule has 1 aromatic carbocycles. The minimum Gasteiger partial charge on any atom is -0.326 e. The summed E-state index contributed by atoms with van der Waals surface area (Å²) in [5, 5.41) is 3.39. The van der Waals surface area contributed by atoms with Crippen molar-refractivity contribution in [2.24, 2.45) is 10.8 Å². The molecule has 0 unspecified atom stereocenters. The van der Waals surface area contributed by atoms with E-state index in [0.29, 0.717) is 19.5 Å². The predicted molar refractivity (Wildman–Crippen MR) is 59.8 cm³/mol. The third-order valence-electron chi connectivity index (χ3n) is 1.80. The van der Waals surface area contributed by atoms with Gasteiger partial charge in [0.25, 0.3) is 0 Å². The fourth-order valence-corrected chi connectivity index (χ4v) is 1.09. The highest BCUT2D eigenvalue weighted by Gasteiger charge is 1.89. The van der Waals surface area contributed by atoms with E-state index in [9.17, 15) is 0 Å². The highest BCUT2D eigenvalue weighted by atomic mass is 15.1. The quantitative estimate of drug-likeness (QED) is 0.262. The summed E-state index contributed by atoms with van der Waals surface area (Å²) in [6.45, 7) is 0.939. The first-order chi connectivity index (χ1) is 7.36. The first-order valence-electron chi connectivity index (χ1n) is 4.65. The number of hydrogen-bond acceptors (Lipinski definition) is 2. The van der Waals surface area contributed by atoms with E-state index in [1.807, 2.05) is 24.3 Å². The summed E-state index contributed by atoms with van der Waals surface area (Å²) in [5.41, 5.74) is 15.6. The van der Waals surface area contributed by atoms with E-state index < -0.39 is 0 Å². The van der Waals surface area contributed by atoms with Crippen LogP contribution >= 0.6 is 0 Å². The summed E-state index contributed by atoms with van der Waals surface area (Å²) in [4.78, 5) is 2.65. The van der Waals surface area contributed by atoms with Gasteiger partial charge in [-0.15, -0.1) is 0 Å². The number of benzene rings is 1. The maximum absolute atomic E-state index is 8.05. The van der Waals surface area contributed by atoms with Gasteiger partial charge < -0.3 is 5.73 Å². The van der Waals surface area contributed by atoms with Gasteiger partial charge in [0.2, 0.25) is 0 Å². The van der Waals surface area contributed by atoms with E-state index in [1.54, 1.807) is 0 Å². The van der Waals surface area contributed by atoms with Crippen LogP contribution in [0.4, 0.5) is 0 Å². The Kier molecular flexibility index (Phi) is 4.82. The molecule has 0 aliphatic heterocycles. The van der Waals surface area contributed by atoms with Gasteiger partial charge in [-0.1, -0.05) is 29.1 Å². The van der Waals surface area contributed by atoms with Crippen molar-refractivity contribution in [1.29, 1.82) is 0 Å². The Morgan fingerprint density at radius 3 is 3.07 bits per heavy atom. The van der Waals surface area contributed by atoms with Gasteiger partial charge in [0.1, 0.15) is 0 Å². The van der Waals surface area contributed by atoms with Crippen LogP contribution in [0.3, 0.4) is 0 Å². The molecule has 0 saturated heterocycles. The molecule has 1 aromatic rings. The van der Waals surface area contributed by atoms with Gasteiger partial charge in [0, 0.05) is 30.0 Å². The minimum atomic E-state index is 0.417. The average molecular weight is 200 g/mol. The minimum absolute atomic E-state index is 0.417. The molecule has 0 atom stereocenters. The van der Waals surface area contributed by atoms with E-state index >= 15 is 0 Å². The van der Waals surface area contributed by atoms with Gasteiger partial charge in [-0.2, -0.15) is 0 Å². The molecule has 2 N–H and O–H groups in total. The van der Waals surface area contributed by atoms with Crippen molar-refractivity contribution in [3.05, 3.63) is 45.8 Å². The Morgan fingerprint density at radius 2 is 2.33 bits per heavy atom. The molecule has 0 radical (unpaired) electrons. The molecule has 4 nitrogen and oxygen atoms in total. The zero-order valence-corrected chi connectivity index (χ0v) is 8.35. The molecule has 0 aliphatic rings. The summed E-state index contributed by atoms with van der Waals surface area (Å²) < 4.78 is 0. The fourth-order valence-electron chi connectivity index (χ4n) is 1.09. The molecule has 76 valence electrons. The van der Waals surface area contributed by atoms with Gasteiger partial charge in [0.15, 0.2) is 0 Å². The Labute approximate surface area is 88.7 Å². The van der Waals surface area contributed by atoms with Crippen molar-refractivity contribution in [2.45, 2.75) is 13.0 Å². The fraction of sp³-hybridized carbons (Fsp3) is 0.273. The van der Waals surface area contributed by atoms with Crippen LogP contribution in [0.25, 0.3) is 10.4 Å². The van der Waals surface area contributed by atoms with Crippen LogP contribution in [0.2, 0.25) is 0 Å². The third kappa shape index (κ3) is 4.19. The normalized spacial score (nSPS) is 8.60. The van der Waals surface area contributed by atoms with Crippen molar-refractivity contribution >= 4 is 0 Å². The highest BCUT2D eigenvalue weighted by molar-refractivity contribution is 5.37. The topological polar surface area (TPSA) is 74.8 Å². The van der Waals surface area contributed by atoms with E-state index in [4.69, 9.17) is 11.3 Å². The number of rotatable bonds is 3. The summed E-state index contributed by atoms with van der Waals surface area (Å²) in [5.74, 6) is 5.92. The summed E-state index contributed by atoms with van der Waals surface area (Å²) in [7, 11) is 0. The molecule has 0 amide bonds. The van der Waals surface area contributed by atoms with Crippen LogP contribution in [-0.4, -0.2) is 6.54 Å². The lowest BCUT2D eigenvalue weighted by molar-refractivity contribution is 1.01. The van der Waals surface area contributed by atoms with Crippen LogP contribution < -0.4 is 5.73 Å². The molecule has 0 fully saturated rings. The van der Waals surface area contributed by atoms with Gasteiger partial charge >= 0.3 is 0 Å². The SMILES string of the molecule is [N-]=[N+]=NCCC#Cc1cccc(CN)c1. The smallest absolute Gasteiger partial charge is 0.0367 e. The molecule has 4 heteroatoms. The Balaban J connectivity index is 2.58. The first-order valence-corrected chi connectivity index (χ1v) is 4.65. The summed E-state index contributed by atoms with van der Waals surface area (Å²) in [6, 6.07) is 7.78. The number of hydrogen-bond donors (Lipinski definition) is 1. The Morgan fingerprint density at radius 1 is 1.47 bits per heavy atom. The van der Waals surface area contributed by atoms with Crippen LogP contribution in [0.15, 0.2) is 29.4 Å². The van der Waals surface area contributed by atoms with E-state index in [-0.39, 0.29) is 0 Å². The molecule has 0 aliphatic carbocycles. The molecule has 0 aromatic heterocycles. The maximum Gasteiger partial charge on any atom is 0.0367 e. The van der Waals surface area contributed by atoms with Crippen LogP contribution in [0, 0.1) is 11.8 Å². The summed E-state index contributed by atoms with van der Waals surface area (Å²) >= 11 is 0. The lowest BCUT2D eigenvalue weighted by Gasteiger charge is -1.95. The largest absolute Gasteiger partial charge is 0.326 e. The van der Waals surface area contributed by atoms with Crippen molar-refractivity contribution in [1.82, 2.24) is 0 Å². The predicted octanol–water partition coefficient (Wildman–Crippen LogP) is 2.20. The summed E-state index contributed by atoms with van der Waals surface area (Å²) in [6.07, 6.45) is 0.580. The molecule has 0 spiro atoms.